The number of aromatic nitrogens is 4. The van der Waals surface area contributed by atoms with Crippen molar-refractivity contribution in [3.05, 3.63) is 67.0 Å². The van der Waals surface area contributed by atoms with E-state index in [4.69, 9.17) is 14.2 Å². The molecule has 0 saturated carbocycles. The van der Waals surface area contributed by atoms with Crippen molar-refractivity contribution in [2.24, 2.45) is 0 Å². The van der Waals surface area contributed by atoms with Gasteiger partial charge in [-0.2, -0.15) is 0 Å². The lowest BCUT2D eigenvalue weighted by Crippen LogP contribution is -2.14. The number of anilines is 1. The molecule has 0 aromatic carbocycles. The number of nitrogens with zero attached hydrogens (tertiary/aromatic N) is 4. The van der Waals surface area contributed by atoms with Crippen molar-refractivity contribution in [1.82, 2.24) is 19.4 Å². The van der Waals surface area contributed by atoms with E-state index in [9.17, 15) is 4.79 Å². The first kappa shape index (κ1) is 18.2. The number of imidazole rings is 1. The maximum Gasteiger partial charge on any atom is 0.260 e. The molecule has 0 radical (unpaired) electrons. The number of hydrogen-bond donors (Lipinski definition) is 1. The Morgan fingerprint density at radius 1 is 0.966 bits per heavy atom. The minimum Gasteiger partial charge on any atom is -0.495 e. The molecule has 4 rings (SSSR count). The van der Waals surface area contributed by atoms with Gasteiger partial charge in [0.05, 0.1) is 44.6 Å². The number of hydrogen-bond acceptors (Lipinski definition) is 7. The summed E-state index contributed by atoms with van der Waals surface area (Å²) in [6.45, 7) is 0. The van der Waals surface area contributed by atoms with Gasteiger partial charge in [-0.25, -0.2) is 9.97 Å². The van der Waals surface area contributed by atoms with Gasteiger partial charge in [-0.05, 0) is 18.2 Å². The molecule has 4 aromatic heterocycles. The molecule has 0 bridgehead atoms. The molecule has 1 amide bonds. The second kappa shape index (κ2) is 7.85. The average molecular weight is 391 g/mol. The summed E-state index contributed by atoms with van der Waals surface area (Å²) in [5, 5.41) is 2.75. The van der Waals surface area contributed by atoms with Crippen molar-refractivity contribution >= 4 is 17.4 Å². The Hall–Kier alpha value is -4.14. The predicted molar refractivity (Wildman–Crippen MR) is 105 cm³/mol. The SMILES string of the molecule is COc1ccc(NC(=O)c2cc(Oc3cncc(OC)c3)cn3ccnc23)nc1. The maximum absolute atomic E-state index is 12.9. The van der Waals surface area contributed by atoms with Crippen molar-refractivity contribution in [2.45, 2.75) is 0 Å². The molecule has 0 unspecified atom stereocenters. The van der Waals surface area contributed by atoms with E-state index in [0.717, 1.165) is 0 Å². The molecule has 0 atom stereocenters. The highest BCUT2D eigenvalue weighted by Gasteiger charge is 2.15. The molecule has 0 spiro atoms. The van der Waals surface area contributed by atoms with Crippen molar-refractivity contribution in [3.8, 4) is 23.0 Å². The Balaban J connectivity index is 1.64. The molecular formula is C20H17N5O4. The number of carbonyl (C=O) groups is 1. The topological polar surface area (TPSA) is 99.9 Å². The number of carbonyl (C=O) groups excluding carboxylic acids is 1. The summed E-state index contributed by atoms with van der Waals surface area (Å²) in [5.41, 5.74) is 0.827. The number of fused-ring (bicyclic) bond motifs is 1. The van der Waals surface area contributed by atoms with Crippen LogP contribution in [-0.2, 0) is 0 Å². The first-order valence-electron chi connectivity index (χ1n) is 8.61. The van der Waals surface area contributed by atoms with Crippen LogP contribution in [0, 0.1) is 0 Å². The Morgan fingerprint density at radius 2 is 1.79 bits per heavy atom. The van der Waals surface area contributed by atoms with E-state index in [1.165, 1.54) is 6.20 Å². The summed E-state index contributed by atoms with van der Waals surface area (Å²) >= 11 is 0. The van der Waals surface area contributed by atoms with Gasteiger partial charge < -0.3 is 23.9 Å². The molecule has 0 aliphatic heterocycles. The van der Waals surface area contributed by atoms with Gasteiger partial charge in [0.15, 0.2) is 0 Å². The van der Waals surface area contributed by atoms with Gasteiger partial charge >= 0.3 is 0 Å². The molecular weight excluding hydrogens is 374 g/mol. The lowest BCUT2D eigenvalue weighted by atomic mass is 10.2. The molecule has 0 aliphatic carbocycles. The van der Waals surface area contributed by atoms with Crippen LogP contribution < -0.4 is 19.5 Å². The Morgan fingerprint density at radius 3 is 2.55 bits per heavy atom. The van der Waals surface area contributed by atoms with Crippen molar-refractivity contribution in [1.29, 1.82) is 0 Å². The van der Waals surface area contributed by atoms with E-state index in [2.05, 4.69) is 20.3 Å². The van der Waals surface area contributed by atoms with Gasteiger partial charge in [0.2, 0.25) is 0 Å². The molecule has 0 saturated heterocycles. The fourth-order valence-corrected chi connectivity index (χ4v) is 2.69. The normalized spacial score (nSPS) is 10.6. The maximum atomic E-state index is 12.9. The molecule has 0 aliphatic rings. The number of nitrogens with one attached hydrogen (secondary N) is 1. The first-order chi connectivity index (χ1) is 14.2. The Labute approximate surface area is 165 Å². The lowest BCUT2D eigenvalue weighted by Gasteiger charge is -2.11. The summed E-state index contributed by atoms with van der Waals surface area (Å²) in [6, 6.07) is 6.68. The molecule has 146 valence electrons. The zero-order chi connectivity index (χ0) is 20.2. The number of methoxy groups -OCH3 is 2. The third kappa shape index (κ3) is 3.93. The monoisotopic (exact) mass is 391 g/mol. The molecule has 9 heteroatoms. The minimum atomic E-state index is -0.368. The Kier molecular flexibility index (Phi) is 4.93. The van der Waals surface area contributed by atoms with Crippen LogP contribution in [-0.4, -0.2) is 39.5 Å². The van der Waals surface area contributed by atoms with Gasteiger partial charge in [-0.15, -0.1) is 0 Å². The zero-order valence-electron chi connectivity index (χ0n) is 15.7. The predicted octanol–water partition coefficient (Wildman–Crippen LogP) is 3.19. The zero-order valence-corrected chi connectivity index (χ0v) is 15.7. The highest BCUT2D eigenvalue weighted by Crippen LogP contribution is 2.26. The van der Waals surface area contributed by atoms with Crippen LogP contribution in [0.1, 0.15) is 10.4 Å². The van der Waals surface area contributed by atoms with Crippen molar-refractivity contribution in [2.75, 3.05) is 19.5 Å². The number of amides is 1. The van der Waals surface area contributed by atoms with Gasteiger partial charge in [0.25, 0.3) is 5.91 Å². The van der Waals surface area contributed by atoms with Gasteiger partial charge in [0, 0.05) is 18.5 Å². The summed E-state index contributed by atoms with van der Waals surface area (Å²) in [6.07, 6.45) is 9.72. The van der Waals surface area contributed by atoms with Crippen LogP contribution in [0.3, 0.4) is 0 Å². The van der Waals surface area contributed by atoms with Crippen LogP contribution >= 0.6 is 0 Å². The fourth-order valence-electron chi connectivity index (χ4n) is 2.69. The second-order valence-electron chi connectivity index (χ2n) is 5.95. The molecule has 9 nitrogen and oxygen atoms in total. The molecule has 4 heterocycles. The average Bonchev–Trinajstić information content (AvgIpc) is 3.22. The van der Waals surface area contributed by atoms with E-state index < -0.39 is 0 Å². The summed E-state index contributed by atoms with van der Waals surface area (Å²) in [7, 11) is 3.10. The Bertz CT molecular complexity index is 1160. The van der Waals surface area contributed by atoms with Crippen LogP contribution in [0.5, 0.6) is 23.0 Å². The largest absolute Gasteiger partial charge is 0.495 e. The smallest absolute Gasteiger partial charge is 0.260 e. The third-order valence-corrected chi connectivity index (χ3v) is 4.08. The summed E-state index contributed by atoms with van der Waals surface area (Å²) < 4.78 is 17.8. The van der Waals surface area contributed by atoms with Gasteiger partial charge in [-0.1, -0.05) is 0 Å². The van der Waals surface area contributed by atoms with Gasteiger partial charge in [-0.3, -0.25) is 9.78 Å². The summed E-state index contributed by atoms with van der Waals surface area (Å²) in [4.78, 5) is 25.3. The standard InChI is InChI=1S/C20H17N5O4/c1-27-13-3-4-18(23-11-13)24-20(26)17-8-16(12-25-6-5-22-19(17)25)29-15-7-14(28-2)9-21-10-15/h3-12H,1-2H3,(H,23,24,26). The summed E-state index contributed by atoms with van der Waals surface area (Å²) in [5.74, 6) is 2.11. The van der Waals surface area contributed by atoms with Gasteiger partial charge in [0.1, 0.15) is 34.5 Å². The number of rotatable bonds is 6. The quantitative estimate of drug-likeness (QED) is 0.539. The molecule has 1 N–H and O–H groups in total. The van der Waals surface area contributed by atoms with Crippen LogP contribution in [0.25, 0.3) is 5.65 Å². The number of ether oxygens (including phenoxy) is 3. The fraction of sp³-hybridized carbons (Fsp3) is 0.100. The second-order valence-corrected chi connectivity index (χ2v) is 5.95. The van der Waals surface area contributed by atoms with E-state index in [1.54, 1.807) is 73.9 Å². The van der Waals surface area contributed by atoms with Crippen LogP contribution in [0.15, 0.2) is 61.4 Å². The van der Waals surface area contributed by atoms with Crippen molar-refractivity contribution < 1.29 is 19.0 Å². The highest BCUT2D eigenvalue weighted by molar-refractivity contribution is 6.08. The van der Waals surface area contributed by atoms with E-state index >= 15 is 0 Å². The van der Waals surface area contributed by atoms with E-state index in [0.29, 0.717) is 40.0 Å². The van der Waals surface area contributed by atoms with Crippen molar-refractivity contribution in [3.63, 3.8) is 0 Å². The highest BCUT2D eigenvalue weighted by atomic mass is 16.5. The molecule has 29 heavy (non-hydrogen) atoms. The molecule has 0 fully saturated rings. The van der Waals surface area contributed by atoms with Crippen LogP contribution in [0.2, 0.25) is 0 Å². The molecule has 4 aromatic rings. The third-order valence-electron chi connectivity index (χ3n) is 4.08. The lowest BCUT2D eigenvalue weighted by molar-refractivity contribution is 0.102. The first-order valence-corrected chi connectivity index (χ1v) is 8.61. The van der Waals surface area contributed by atoms with E-state index in [1.807, 2.05) is 0 Å². The number of pyridine rings is 3. The van der Waals surface area contributed by atoms with Crippen LogP contribution in [0.4, 0.5) is 5.82 Å². The van der Waals surface area contributed by atoms with E-state index in [-0.39, 0.29) is 5.91 Å². The minimum absolute atomic E-state index is 0.334.